The van der Waals surface area contributed by atoms with Crippen molar-refractivity contribution in [2.24, 2.45) is 0 Å². The molecule has 0 saturated heterocycles. The number of hydrogen-bond acceptors (Lipinski definition) is 6. The molecule has 1 aromatic carbocycles. The molecule has 0 saturated carbocycles. The minimum atomic E-state index is -0.771. The van der Waals surface area contributed by atoms with Crippen molar-refractivity contribution in [3.63, 3.8) is 0 Å². The molecular weight excluding hydrogens is 448 g/mol. The van der Waals surface area contributed by atoms with Gasteiger partial charge in [0.05, 0.1) is 23.4 Å². The quantitative estimate of drug-likeness (QED) is 0.354. The Balaban J connectivity index is 0.000000212. The maximum atomic E-state index is 13.5. The molecule has 0 spiro atoms. The molecule has 1 atom stereocenters. The molecule has 0 aliphatic rings. The highest BCUT2D eigenvalue weighted by Gasteiger charge is 2.16. The van der Waals surface area contributed by atoms with Gasteiger partial charge in [-0.05, 0) is 37.6 Å². The first-order chi connectivity index (χ1) is 16.2. The molecule has 0 aliphatic heterocycles. The summed E-state index contributed by atoms with van der Waals surface area (Å²) in [6.45, 7) is 1.60. The molecule has 34 heavy (non-hydrogen) atoms. The zero-order chi connectivity index (χ0) is 24.7. The number of rotatable bonds is 5. The zero-order valence-electron chi connectivity index (χ0n) is 18.0. The molecule has 9 nitrogen and oxygen atoms in total. The Kier molecular flexibility index (Phi) is 7.80. The SMILES string of the molecule is CC(NC(=O)CCc1ccccn1)c1ncc(F)cc1F.O=c1[nH]c(=O)c2c(O)cccc2[nH]1. The fourth-order valence-electron chi connectivity index (χ4n) is 3.12. The number of halogens is 2. The Hall–Kier alpha value is -4.41. The molecule has 4 rings (SSSR count). The van der Waals surface area contributed by atoms with Gasteiger partial charge in [-0.25, -0.2) is 13.6 Å². The van der Waals surface area contributed by atoms with Crippen molar-refractivity contribution in [3.05, 3.63) is 98.7 Å². The Morgan fingerprint density at radius 1 is 1.12 bits per heavy atom. The first kappa shape index (κ1) is 24.2. The van der Waals surface area contributed by atoms with Crippen LogP contribution in [0.5, 0.6) is 5.75 Å². The minimum absolute atomic E-state index is 0.0163. The molecule has 0 fully saturated rings. The van der Waals surface area contributed by atoms with E-state index >= 15 is 0 Å². The second-order valence-electron chi connectivity index (χ2n) is 7.24. The third-order valence-corrected chi connectivity index (χ3v) is 4.70. The number of nitrogens with one attached hydrogen (secondary N) is 3. The van der Waals surface area contributed by atoms with E-state index in [1.54, 1.807) is 31.3 Å². The number of fused-ring (bicyclic) bond motifs is 1. The van der Waals surface area contributed by atoms with Crippen molar-refractivity contribution in [2.45, 2.75) is 25.8 Å². The lowest BCUT2D eigenvalue weighted by Gasteiger charge is -2.14. The topological polar surface area (TPSA) is 141 Å². The number of H-pyrrole nitrogens is 2. The van der Waals surface area contributed by atoms with E-state index in [1.165, 1.54) is 6.07 Å². The molecule has 4 N–H and O–H groups in total. The number of aromatic nitrogens is 4. The van der Waals surface area contributed by atoms with Gasteiger partial charge < -0.3 is 15.4 Å². The Labute approximate surface area is 191 Å². The van der Waals surface area contributed by atoms with E-state index in [2.05, 4.69) is 20.3 Å². The monoisotopic (exact) mass is 469 g/mol. The van der Waals surface area contributed by atoms with Crippen molar-refractivity contribution in [1.82, 2.24) is 25.3 Å². The lowest BCUT2D eigenvalue weighted by atomic mass is 10.1. The number of phenols is 1. The number of pyridine rings is 2. The minimum Gasteiger partial charge on any atom is -0.507 e. The van der Waals surface area contributed by atoms with E-state index < -0.39 is 28.9 Å². The number of benzene rings is 1. The summed E-state index contributed by atoms with van der Waals surface area (Å²) < 4.78 is 26.3. The maximum absolute atomic E-state index is 13.5. The smallest absolute Gasteiger partial charge is 0.326 e. The number of phenolic OH excluding ortho intramolecular Hbond substituents is 1. The number of carbonyl (C=O) groups excluding carboxylic acids is 1. The number of aromatic amines is 2. The average Bonchev–Trinajstić information content (AvgIpc) is 2.78. The van der Waals surface area contributed by atoms with E-state index in [0.717, 1.165) is 18.0 Å². The number of carbonyl (C=O) groups is 1. The van der Waals surface area contributed by atoms with E-state index in [1.807, 2.05) is 17.1 Å². The number of aromatic hydroxyl groups is 1. The normalized spacial score (nSPS) is 11.4. The zero-order valence-corrected chi connectivity index (χ0v) is 18.0. The molecule has 1 unspecified atom stereocenters. The van der Waals surface area contributed by atoms with E-state index in [-0.39, 0.29) is 29.2 Å². The van der Waals surface area contributed by atoms with Crippen LogP contribution in [0.1, 0.15) is 30.8 Å². The summed E-state index contributed by atoms with van der Waals surface area (Å²) in [5, 5.41) is 12.0. The molecule has 4 aromatic rings. The largest absolute Gasteiger partial charge is 0.507 e. The summed E-state index contributed by atoms with van der Waals surface area (Å²) in [6, 6.07) is 10.1. The van der Waals surface area contributed by atoms with E-state index in [9.17, 15) is 28.3 Å². The average molecular weight is 469 g/mol. The standard InChI is InChI=1S/C15H15F2N3O.C8H6N2O3/c1-10(15-13(17)8-11(16)9-19-15)20-14(21)6-5-12-4-2-3-7-18-12;11-5-3-1-2-4-6(5)7(12)10-8(13)9-4/h2-4,7-10H,5-6H2,1H3,(H,20,21);1-3,11H,(H2,9,10,12,13). The fraction of sp³-hybridized carbons (Fsp3) is 0.174. The van der Waals surface area contributed by atoms with Gasteiger partial charge in [0.15, 0.2) is 0 Å². The van der Waals surface area contributed by atoms with Gasteiger partial charge in [-0.3, -0.25) is 24.5 Å². The van der Waals surface area contributed by atoms with Crippen LogP contribution >= 0.6 is 0 Å². The molecule has 11 heteroatoms. The van der Waals surface area contributed by atoms with Crippen LogP contribution in [0.3, 0.4) is 0 Å². The predicted molar refractivity (Wildman–Crippen MR) is 120 cm³/mol. The lowest BCUT2D eigenvalue weighted by molar-refractivity contribution is -0.121. The molecule has 0 bridgehead atoms. The second kappa shape index (κ2) is 10.9. The van der Waals surface area contributed by atoms with Gasteiger partial charge in [0, 0.05) is 24.4 Å². The van der Waals surface area contributed by atoms with Gasteiger partial charge in [0.2, 0.25) is 5.91 Å². The van der Waals surface area contributed by atoms with Crippen molar-refractivity contribution in [1.29, 1.82) is 0 Å². The molecule has 176 valence electrons. The second-order valence-corrected chi connectivity index (χ2v) is 7.24. The van der Waals surface area contributed by atoms with Gasteiger partial charge >= 0.3 is 5.69 Å². The Bertz CT molecular complexity index is 1410. The van der Waals surface area contributed by atoms with Crippen molar-refractivity contribution < 1.29 is 18.7 Å². The van der Waals surface area contributed by atoms with E-state index in [0.29, 0.717) is 11.9 Å². The van der Waals surface area contributed by atoms with Gasteiger partial charge in [0.25, 0.3) is 5.56 Å². The summed E-state index contributed by atoms with van der Waals surface area (Å²) >= 11 is 0. The molecule has 3 aromatic heterocycles. The first-order valence-electron chi connectivity index (χ1n) is 10.2. The summed E-state index contributed by atoms with van der Waals surface area (Å²) in [7, 11) is 0. The van der Waals surface area contributed by atoms with Crippen LogP contribution in [0.2, 0.25) is 0 Å². The van der Waals surface area contributed by atoms with Crippen LogP contribution < -0.4 is 16.6 Å². The predicted octanol–water partition coefficient (Wildman–Crippen LogP) is 2.49. The third kappa shape index (κ3) is 6.31. The number of nitrogens with zero attached hydrogens (tertiary/aromatic N) is 2. The molecular formula is C23H21F2N5O4. The van der Waals surface area contributed by atoms with E-state index in [4.69, 9.17) is 0 Å². The van der Waals surface area contributed by atoms with Crippen LogP contribution in [-0.2, 0) is 11.2 Å². The van der Waals surface area contributed by atoms with Crippen molar-refractivity contribution in [2.75, 3.05) is 0 Å². The van der Waals surface area contributed by atoms with Crippen LogP contribution in [0.25, 0.3) is 10.9 Å². The Morgan fingerprint density at radius 3 is 2.62 bits per heavy atom. The maximum Gasteiger partial charge on any atom is 0.326 e. The van der Waals surface area contributed by atoms with Crippen LogP contribution in [0.15, 0.2) is 64.4 Å². The highest BCUT2D eigenvalue weighted by Crippen LogP contribution is 2.17. The van der Waals surface area contributed by atoms with Gasteiger partial charge in [-0.15, -0.1) is 0 Å². The van der Waals surface area contributed by atoms with Gasteiger partial charge in [-0.1, -0.05) is 12.1 Å². The summed E-state index contributed by atoms with van der Waals surface area (Å²) in [6.07, 6.45) is 3.32. The summed E-state index contributed by atoms with van der Waals surface area (Å²) in [5.74, 6) is -1.90. The number of hydrogen-bond donors (Lipinski definition) is 4. The third-order valence-electron chi connectivity index (χ3n) is 4.70. The van der Waals surface area contributed by atoms with Gasteiger partial charge in [0.1, 0.15) is 22.8 Å². The van der Waals surface area contributed by atoms with Crippen LogP contribution in [0, 0.1) is 11.6 Å². The van der Waals surface area contributed by atoms with Crippen LogP contribution in [-0.4, -0.2) is 30.9 Å². The fourth-order valence-corrected chi connectivity index (χ4v) is 3.12. The van der Waals surface area contributed by atoms with Gasteiger partial charge in [-0.2, -0.15) is 0 Å². The number of aryl methyl sites for hydroxylation is 1. The lowest BCUT2D eigenvalue weighted by Crippen LogP contribution is -2.28. The first-order valence-corrected chi connectivity index (χ1v) is 10.2. The Morgan fingerprint density at radius 2 is 1.91 bits per heavy atom. The summed E-state index contributed by atoms with van der Waals surface area (Å²) in [5.41, 5.74) is -0.0114. The molecule has 1 amide bonds. The molecule has 0 radical (unpaired) electrons. The molecule has 3 heterocycles. The van der Waals surface area contributed by atoms with Crippen LogP contribution in [0.4, 0.5) is 8.78 Å². The van der Waals surface area contributed by atoms with Crippen molar-refractivity contribution in [3.8, 4) is 5.75 Å². The van der Waals surface area contributed by atoms with Crippen molar-refractivity contribution >= 4 is 16.8 Å². The molecule has 0 aliphatic carbocycles. The number of amides is 1. The summed E-state index contributed by atoms with van der Waals surface area (Å²) in [4.78, 5) is 46.0. The highest BCUT2D eigenvalue weighted by molar-refractivity contribution is 5.83. The highest BCUT2D eigenvalue weighted by atomic mass is 19.1.